The number of rotatable bonds is 3. The summed E-state index contributed by atoms with van der Waals surface area (Å²) >= 11 is 5.93. The van der Waals surface area contributed by atoms with E-state index in [9.17, 15) is 0 Å². The molecule has 0 aromatic carbocycles. The average Bonchev–Trinajstić information content (AvgIpc) is 3.03. The van der Waals surface area contributed by atoms with Gasteiger partial charge in [-0.15, -0.1) is 0 Å². The first kappa shape index (κ1) is 9.59. The normalized spacial score (nSPS) is 15.1. The van der Waals surface area contributed by atoms with E-state index in [1.807, 2.05) is 6.07 Å². The molecule has 0 aliphatic heterocycles. The minimum atomic E-state index is 0.485. The van der Waals surface area contributed by atoms with Gasteiger partial charge in [-0.25, -0.2) is 9.97 Å². The van der Waals surface area contributed by atoms with Crippen LogP contribution >= 0.6 is 11.6 Å². The third kappa shape index (κ3) is 1.86. The maximum Gasteiger partial charge on any atom is 0.153 e. The Hall–Kier alpha value is -1.62. The Labute approximate surface area is 97.3 Å². The zero-order valence-electron chi connectivity index (χ0n) is 8.44. The molecule has 0 saturated heterocycles. The van der Waals surface area contributed by atoms with Crippen LogP contribution in [-0.2, 0) is 0 Å². The summed E-state index contributed by atoms with van der Waals surface area (Å²) in [5.74, 6) is 1.97. The van der Waals surface area contributed by atoms with Crippen LogP contribution in [0.4, 0.5) is 11.6 Å². The number of anilines is 2. The molecule has 1 saturated carbocycles. The van der Waals surface area contributed by atoms with E-state index >= 15 is 0 Å². The fourth-order valence-corrected chi connectivity index (χ4v) is 1.68. The van der Waals surface area contributed by atoms with Crippen LogP contribution in [0.1, 0.15) is 24.5 Å². The monoisotopic (exact) mass is 235 g/mol. The third-order valence-corrected chi connectivity index (χ3v) is 2.81. The topological polar surface area (TPSA) is 66.5 Å². The van der Waals surface area contributed by atoms with Crippen molar-refractivity contribution in [1.82, 2.24) is 20.2 Å². The van der Waals surface area contributed by atoms with Crippen LogP contribution in [0.2, 0.25) is 5.02 Å². The number of hydrogen-bond donors (Lipinski definition) is 2. The van der Waals surface area contributed by atoms with Gasteiger partial charge in [-0.3, -0.25) is 5.10 Å². The molecule has 0 amide bonds. The summed E-state index contributed by atoms with van der Waals surface area (Å²) in [5.41, 5.74) is 1.17. The predicted octanol–water partition coefficient (Wildman–Crippen LogP) is 2.47. The molecule has 2 aromatic rings. The first-order valence-corrected chi connectivity index (χ1v) is 5.48. The van der Waals surface area contributed by atoms with E-state index in [0.717, 1.165) is 5.82 Å². The van der Waals surface area contributed by atoms with Crippen molar-refractivity contribution >= 4 is 23.2 Å². The highest BCUT2D eigenvalue weighted by molar-refractivity contribution is 6.32. The summed E-state index contributed by atoms with van der Waals surface area (Å²) in [4.78, 5) is 7.85. The molecule has 3 rings (SSSR count). The van der Waals surface area contributed by atoms with E-state index < -0.39 is 0 Å². The number of H-pyrrole nitrogens is 1. The molecule has 0 radical (unpaired) electrons. The lowest BCUT2D eigenvalue weighted by molar-refractivity contribution is 0.966. The van der Waals surface area contributed by atoms with Gasteiger partial charge >= 0.3 is 0 Å². The molecule has 0 spiro atoms. The summed E-state index contributed by atoms with van der Waals surface area (Å²) in [6.45, 7) is 0. The van der Waals surface area contributed by atoms with Gasteiger partial charge in [-0.05, 0) is 12.8 Å². The van der Waals surface area contributed by atoms with Gasteiger partial charge in [0.15, 0.2) is 11.6 Å². The van der Waals surface area contributed by atoms with Crippen molar-refractivity contribution in [2.45, 2.75) is 18.8 Å². The molecule has 16 heavy (non-hydrogen) atoms. The fraction of sp³-hybridized carbons (Fsp3) is 0.300. The highest BCUT2D eigenvalue weighted by Gasteiger charge is 2.25. The second kappa shape index (κ2) is 3.75. The minimum Gasteiger partial charge on any atom is -0.322 e. The van der Waals surface area contributed by atoms with Crippen LogP contribution in [0, 0.1) is 0 Å². The number of aromatic amines is 1. The molecule has 0 unspecified atom stereocenters. The van der Waals surface area contributed by atoms with E-state index in [0.29, 0.717) is 16.8 Å². The molecular formula is C10H10ClN5. The number of nitrogens with zero attached hydrogens (tertiary/aromatic N) is 3. The predicted molar refractivity (Wildman–Crippen MR) is 60.9 cm³/mol. The van der Waals surface area contributed by atoms with Gasteiger partial charge in [0, 0.05) is 17.7 Å². The van der Waals surface area contributed by atoms with Crippen molar-refractivity contribution in [3.63, 3.8) is 0 Å². The minimum absolute atomic E-state index is 0.485. The van der Waals surface area contributed by atoms with Crippen LogP contribution in [0.15, 0.2) is 18.6 Å². The van der Waals surface area contributed by atoms with Crippen LogP contribution in [0.25, 0.3) is 0 Å². The molecule has 0 atom stereocenters. The van der Waals surface area contributed by atoms with Crippen molar-refractivity contribution in [1.29, 1.82) is 0 Å². The van der Waals surface area contributed by atoms with E-state index in [1.54, 1.807) is 6.20 Å². The lowest BCUT2D eigenvalue weighted by Crippen LogP contribution is -1.94. The number of hydrogen-bond acceptors (Lipinski definition) is 4. The van der Waals surface area contributed by atoms with Gasteiger partial charge in [0.25, 0.3) is 0 Å². The van der Waals surface area contributed by atoms with Gasteiger partial charge in [-0.2, -0.15) is 5.10 Å². The van der Waals surface area contributed by atoms with Gasteiger partial charge in [0.05, 0.1) is 6.20 Å². The smallest absolute Gasteiger partial charge is 0.153 e. The number of halogens is 1. The molecule has 0 bridgehead atoms. The zero-order chi connectivity index (χ0) is 11.0. The molecule has 1 fully saturated rings. The Morgan fingerprint density at radius 1 is 1.44 bits per heavy atom. The SMILES string of the molecule is Clc1cncnc1Nc1cc(C2CC2)[nH]n1. The Bertz CT molecular complexity index is 505. The van der Waals surface area contributed by atoms with Crippen molar-refractivity contribution in [2.24, 2.45) is 0 Å². The molecular weight excluding hydrogens is 226 g/mol. The van der Waals surface area contributed by atoms with Crippen molar-refractivity contribution in [3.05, 3.63) is 29.3 Å². The molecule has 2 heterocycles. The summed E-state index contributed by atoms with van der Waals surface area (Å²) < 4.78 is 0. The third-order valence-electron chi connectivity index (χ3n) is 2.53. The number of aromatic nitrogens is 4. The lowest BCUT2D eigenvalue weighted by atomic mass is 10.3. The Balaban J connectivity index is 1.80. The van der Waals surface area contributed by atoms with Gasteiger partial charge in [0.1, 0.15) is 11.3 Å². The van der Waals surface area contributed by atoms with E-state index in [2.05, 4.69) is 25.5 Å². The van der Waals surface area contributed by atoms with Gasteiger partial charge in [-0.1, -0.05) is 11.6 Å². The highest BCUT2D eigenvalue weighted by atomic mass is 35.5. The van der Waals surface area contributed by atoms with Crippen LogP contribution in [0.5, 0.6) is 0 Å². The standard InChI is InChI=1S/C10H10ClN5/c11-7-4-12-5-13-10(7)14-9-3-8(15-16-9)6-1-2-6/h3-6H,1-2H2,(H2,12,13,14,15,16). The summed E-state index contributed by atoms with van der Waals surface area (Å²) in [7, 11) is 0. The Kier molecular flexibility index (Phi) is 2.25. The molecule has 2 N–H and O–H groups in total. The van der Waals surface area contributed by atoms with E-state index in [4.69, 9.17) is 11.6 Å². The molecule has 5 nitrogen and oxygen atoms in total. The zero-order valence-corrected chi connectivity index (χ0v) is 9.20. The van der Waals surface area contributed by atoms with Crippen molar-refractivity contribution in [3.8, 4) is 0 Å². The maximum absolute atomic E-state index is 5.93. The van der Waals surface area contributed by atoms with Crippen molar-refractivity contribution in [2.75, 3.05) is 5.32 Å². The fourth-order valence-electron chi connectivity index (χ4n) is 1.53. The lowest BCUT2D eigenvalue weighted by Gasteiger charge is -2.01. The first-order chi connectivity index (χ1) is 7.83. The van der Waals surface area contributed by atoms with Crippen LogP contribution in [0.3, 0.4) is 0 Å². The molecule has 6 heteroatoms. The maximum atomic E-state index is 5.93. The van der Waals surface area contributed by atoms with Gasteiger partial charge in [0.2, 0.25) is 0 Å². The summed E-state index contributed by atoms with van der Waals surface area (Å²) in [5, 5.41) is 10.7. The molecule has 2 aromatic heterocycles. The van der Waals surface area contributed by atoms with Gasteiger partial charge < -0.3 is 5.32 Å². The van der Waals surface area contributed by atoms with Crippen molar-refractivity contribution < 1.29 is 0 Å². The largest absolute Gasteiger partial charge is 0.322 e. The second-order valence-corrected chi connectivity index (χ2v) is 4.23. The second-order valence-electron chi connectivity index (χ2n) is 3.83. The Morgan fingerprint density at radius 2 is 2.31 bits per heavy atom. The summed E-state index contributed by atoms with van der Waals surface area (Å²) in [6.07, 6.45) is 5.49. The van der Waals surface area contributed by atoms with Crippen LogP contribution < -0.4 is 5.32 Å². The molecule has 82 valence electrons. The number of nitrogens with one attached hydrogen (secondary N) is 2. The Morgan fingerprint density at radius 3 is 3.06 bits per heavy atom. The quantitative estimate of drug-likeness (QED) is 0.858. The van der Waals surface area contributed by atoms with E-state index in [-0.39, 0.29) is 0 Å². The van der Waals surface area contributed by atoms with Crippen LogP contribution in [-0.4, -0.2) is 20.2 Å². The first-order valence-electron chi connectivity index (χ1n) is 5.11. The van der Waals surface area contributed by atoms with E-state index in [1.165, 1.54) is 24.9 Å². The summed E-state index contributed by atoms with van der Waals surface area (Å²) in [6, 6.07) is 2.00. The highest BCUT2D eigenvalue weighted by Crippen LogP contribution is 2.39. The molecule has 1 aliphatic rings. The average molecular weight is 236 g/mol. The molecule has 1 aliphatic carbocycles.